The Balaban J connectivity index is 2.72. The topological polar surface area (TPSA) is 89.3 Å². The van der Waals surface area contributed by atoms with Crippen molar-refractivity contribution in [3.05, 3.63) is 28.8 Å². The predicted octanol–water partition coefficient (Wildman–Crippen LogP) is 2.30. The van der Waals surface area contributed by atoms with E-state index in [0.29, 0.717) is 6.54 Å². The molecule has 0 atom stereocenters. The highest BCUT2D eigenvalue weighted by Gasteiger charge is 2.15. The quantitative estimate of drug-likeness (QED) is 0.756. The summed E-state index contributed by atoms with van der Waals surface area (Å²) in [5.41, 5.74) is 0.119. The Morgan fingerprint density at radius 1 is 1.30 bits per heavy atom. The molecule has 0 aliphatic carbocycles. The number of unbranched alkanes of at least 4 members (excludes halogenated alkanes) is 3. The lowest BCUT2D eigenvalue weighted by Gasteiger charge is -2.08. The monoisotopic (exact) mass is 318 g/mol. The van der Waals surface area contributed by atoms with Gasteiger partial charge in [0.2, 0.25) is 10.0 Å². The number of hydrogen-bond donors (Lipinski definition) is 2. The molecule has 112 valence electrons. The van der Waals surface area contributed by atoms with Gasteiger partial charge in [-0.15, -0.1) is 0 Å². The van der Waals surface area contributed by atoms with Crippen LogP contribution in [-0.4, -0.2) is 20.9 Å². The number of hydrogen-bond acceptors (Lipinski definition) is 3. The third-order valence-corrected chi connectivity index (χ3v) is 4.07. The minimum Gasteiger partial charge on any atom is -0.352 e. The van der Waals surface area contributed by atoms with Gasteiger partial charge in [0.15, 0.2) is 0 Å². The van der Waals surface area contributed by atoms with E-state index in [4.69, 9.17) is 16.7 Å². The number of halogens is 1. The van der Waals surface area contributed by atoms with Gasteiger partial charge in [-0.1, -0.05) is 37.8 Å². The number of carbonyl (C=O) groups is 1. The van der Waals surface area contributed by atoms with E-state index in [0.717, 1.165) is 25.7 Å². The van der Waals surface area contributed by atoms with Gasteiger partial charge in [0.05, 0.1) is 15.5 Å². The molecule has 0 aromatic heterocycles. The predicted molar refractivity (Wildman–Crippen MR) is 79.3 cm³/mol. The Bertz CT molecular complexity index is 573. The van der Waals surface area contributed by atoms with Crippen LogP contribution in [0.15, 0.2) is 23.1 Å². The van der Waals surface area contributed by atoms with Crippen molar-refractivity contribution < 1.29 is 13.2 Å². The maximum atomic E-state index is 11.9. The molecule has 0 unspecified atom stereocenters. The van der Waals surface area contributed by atoms with E-state index >= 15 is 0 Å². The summed E-state index contributed by atoms with van der Waals surface area (Å²) in [5.74, 6) is -0.392. The van der Waals surface area contributed by atoms with Crippen molar-refractivity contribution in [2.24, 2.45) is 5.14 Å². The summed E-state index contributed by atoms with van der Waals surface area (Å²) in [5, 5.41) is 7.94. The van der Waals surface area contributed by atoms with Gasteiger partial charge < -0.3 is 5.32 Å². The Morgan fingerprint density at radius 3 is 2.60 bits per heavy atom. The highest BCUT2D eigenvalue weighted by atomic mass is 35.5. The summed E-state index contributed by atoms with van der Waals surface area (Å²) in [6, 6.07) is 3.82. The molecule has 1 rings (SSSR count). The van der Waals surface area contributed by atoms with Crippen LogP contribution in [0.5, 0.6) is 0 Å². The van der Waals surface area contributed by atoms with Crippen molar-refractivity contribution in [1.82, 2.24) is 5.32 Å². The van der Waals surface area contributed by atoms with E-state index in [1.54, 1.807) is 0 Å². The fraction of sp³-hybridized carbons (Fsp3) is 0.462. The lowest BCUT2D eigenvalue weighted by molar-refractivity contribution is 0.0953. The van der Waals surface area contributed by atoms with Crippen molar-refractivity contribution in [2.45, 2.75) is 37.5 Å². The lowest BCUT2D eigenvalue weighted by Crippen LogP contribution is -2.25. The Hall–Kier alpha value is -1.11. The van der Waals surface area contributed by atoms with Crippen LogP contribution in [0.25, 0.3) is 0 Å². The molecule has 0 spiro atoms. The third kappa shape index (κ3) is 5.11. The zero-order chi connectivity index (χ0) is 15.2. The van der Waals surface area contributed by atoms with Gasteiger partial charge in [0.25, 0.3) is 5.91 Å². The first kappa shape index (κ1) is 16.9. The van der Waals surface area contributed by atoms with Gasteiger partial charge in [0.1, 0.15) is 0 Å². The molecule has 0 radical (unpaired) electrons. The van der Waals surface area contributed by atoms with Crippen molar-refractivity contribution >= 4 is 27.5 Å². The van der Waals surface area contributed by atoms with Gasteiger partial charge in [-0.25, -0.2) is 13.6 Å². The number of primary sulfonamides is 1. The first-order valence-corrected chi connectivity index (χ1v) is 8.39. The number of carbonyl (C=O) groups excluding carboxylic acids is 1. The second kappa shape index (κ2) is 7.61. The SMILES string of the molecule is CCCCCCNC(=O)c1cc(S(N)(=O)=O)ccc1Cl. The molecular formula is C13H19ClN2O3S. The van der Waals surface area contributed by atoms with E-state index in [9.17, 15) is 13.2 Å². The number of amides is 1. The van der Waals surface area contributed by atoms with Crippen LogP contribution >= 0.6 is 11.6 Å². The summed E-state index contributed by atoms with van der Waals surface area (Å²) in [6.45, 7) is 2.64. The van der Waals surface area contributed by atoms with Crippen molar-refractivity contribution in [1.29, 1.82) is 0 Å². The van der Waals surface area contributed by atoms with Crippen molar-refractivity contribution in [3.63, 3.8) is 0 Å². The molecular weight excluding hydrogens is 300 g/mol. The smallest absolute Gasteiger partial charge is 0.252 e. The Morgan fingerprint density at radius 2 is 2.00 bits per heavy atom. The molecule has 3 N–H and O–H groups in total. The molecule has 0 bridgehead atoms. The van der Waals surface area contributed by atoms with Crippen LogP contribution in [0, 0.1) is 0 Å². The minimum atomic E-state index is -3.85. The number of rotatable bonds is 7. The highest BCUT2D eigenvalue weighted by Crippen LogP contribution is 2.19. The number of sulfonamides is 1. The molecule has 0 heterocycles. The van der Waals surface area contributed by atoms with Crippen LogP contribution in [0.4, 0.5) is 0 Å². The standard InChI is InChI=1S/C13H19ClN2O3S/c1-2-3-4-5-8-16-13(17)11-9-10(20(15,18)19)6-7-12(11)14/h6-7,9H,2-5,8H2,1H3,(H,16,17)(H2,15,18,19). The summed E-state index contributed by atoms with van der Waals surface area (Å²) in [4.78, 5) is 11.8. The van der Waals surface area contributed by atoms with Crippen LogP contribution in [-0.2, 0) is 10.0 Å². The van der Waals surface area contributed by atoms with Gasteiger partial charge >= 0.3 is 0 Å². The lowest BCUT2D eigenvalue weighted by atomic mass is 10.2. The molecule has 20 heavy (non-hydrogen) atoms. The first-order chi connectivity index (χ1) is 9.36. The van der Waals surface area contributed by atoms with Gasteiger partial charge in [-0.05, 0) is 24.6 Å². The Kier molecular flexibility index (Phi) is 6.45. The molecule has 0 aliphatic heterocycles. The van der Waals surface area contributed by atoms with Gasteiger partial charge in [0, 0.05) is 6.54 Å². The summed E-state index contributed by atoms with van der Waals surface area (Å²) in [6.07, 6.45) is 4.17. The average molecular weight is 319 g/mol. The summed E-state index contributed by atoms with van der Waals surface area (Å²) < 4.78 is 22.5. The second-order valence-corrected chi connectivity index (χ2v) is 6.47. The fourth-order valence-electron chi connectivity index (χ4n) is 1.70. The van der Waals surface area contributed by atoms with E-state index in [-0.39, 0.29) is 15.5 Å². The van der Waals surface area contributed by atoms with E-state index < -0.39 is 15.9 Å². The van der Waals surface area contributed by atoms with Crippen LogP contribution in [0.3, 0.4) is 0 Å². The van der Waals surface area contributed by atoms with Crippen LogP contribution in [0.1, 0.15) is 43.0 Å². The molecule has 1 aromatic rings. The number of nitrogens with one attached hydrogen (secondary N) is 1. The molecule has 7 heteroatoms. The number of benzene rings is 1. The average Bonchev–Trinajstić information content (AvgIpc) is 2.37. The fourth-order valence-corrected chi connectivity index (χ4v) is 2.45. The highest BCUT2D eigenvalue weighted by molar-refractivity contribution is 7.89. The molecule has 0 aliphatic rings. The molecule has 0 fully saturated rings. The normalized spacial score (nSPS) is 11.3. The van der Waals surface area contributed by atoms with Crippen LogP contribution in [0.2, 0.25) is 5.02 Å². The molecule has 0 saturated carbocycles. The van der Waals surface area contributed by atoms with Crippen molar-refractivity contribution in [3.8, 4) is 0 Å². The molecule has 1 aromatic carbocycles. The van der Waals surface area contributed by atoms with Crippen molar-refractivity contribution in [2.75, 3.05) is 6.54 Å². The summed E-state index contributed by atoms with van der Waals surface area (Å²) >= 11 is 5.91. The van der Waals surface area contributed by atoms with Crippen LogP contribution < -0.4 is 10.5 Å². The maximum absolute atomic E-state index is 11.9. The van der Waals surface area contributed by atoms with Gasteiger partial charge in [-0.3, -0.25) is 4.79 Å². The van der Waals surface area contributed by atoms with E-state index in [1.165, 1.54) is 18.2 Å². The first-order valence-electron chi connectivity index (χ1n) is 6.46. The van der Waals surface area contributed by atoms with E-state index in [2.05, 4.69) is 12.2 Å². The van der Waals surface area contributed by atoms with E-state index in [1.807, 2.05) is 0 Å². The Labute approximate surface area is 124 Å². The molecule has 1 amide bonds. The molecule has 0 saturated heterocycles. The minimum absolute atomic E-state index is 0.119. The maximum Gasteiger partial charge on any atom is 0.252 e. The zero-order valence-electron chi connectivity index (χ0n) is 11.4. The number of nitrogens with two attached hydrogens (primary N) is 1. The zero-order valence-corrected chi connectivity index (χ0v) is 12.9. The summed E-state index contributed by atoms with van der Waals surface area (Å²) in [7, 11) is -3.85. The third-order valence-electron chi connectivity index (χ3n) is 2.83. The second-order valence-electron chi connectivity index (χ2n) is 4.50. The largest absolute Gasteiger partial charge is 0.352 e. The van der Waals surface area contributed by atoms with Gasteiger partial charge in [-0.2, -0.15) is 0 Å². The molecule has 5 nitrogen and oxygen atoms in total.